The van der Waals surface area contributed by atoms with Gasteiger partial charge >= 0.3 is 0 Å². The number of nitrogens with zero attached hydrogens (tertiary/aromatic N) is 3. The van der Waals surface area contributed by atoms with Gasteiger partial charge in [-0.15, -0.1) is 0 Å². The Morgan fingerprint density at radius 3 is 2.56 bits per heavy atom. The van der Waals surface area contributed by atoms with E-state index in [-0.39, 0.29) is 5.91 Å². The van der Waals surface area contributed by atoms with Crippen molar-refractivity contribution in [2.45, 2.75) is 6.92 Å². The van der Waals surface area contributed by atoms with Gasteiger partial charge in [-0.3, -0.25) is 10.2 Å². The zero-order valence-electron chi connectivity index (χ0n) is 13.2. The number of hydrazine groups is 1. The molecule has 7 heteroatoms. The van der Waals surface area contributed by atoms with Gasteiger partial charge in [0.15, 0.2) is 10.3 Å². The molecule has 0 unspecified atom stereocenters. The van der Waals surface area contributed by atoms with E-state index in [2.05, 4.69) is 15.4 Å². The lowest BCUT2D eigenvalue weighted by molar-refractivity contribution is -0.123. The van der Waals surface area contributed by atoms with Gasteiger partial charge in [-0.2, -0.15) is 5.01 Å². The number of carbonyl (C=O) groups is 1. The molecule has 0 radical (unpaired) electrons. The Bertz CT molecular complexity index is 933. The molecule has 0 saturated carbocycles. The van der Waals surface area contributed by atoms with Crippen LogP contribution in [0, 0.1) is 6.92 Å². The Morgan fingerprint density at radius 1 is 1.16 bits per heavy atom. The van der Waals surface area contributed by atoms with Crippen LogP contribution in [-0.2, 0) is 4.79 Å². The van der Waals surface area contributed by atoms with E-state index in [4.69, 9.17) is 11.6 Å². The topological polar surface area (TPSA) is 57.1 Å². The molecule has 0 aromatic heterocycles. The zero-order chi connectivity index (χ0) is 17.4. The first-order valence-corrected chi connectivity index (χ1v) is 8.78. The third kappa shape index (κ3) is 3.31. The maximum Gasteiger partial charge on any atom is 0.297 e. The average molecular weight is 369 g/mol. The van der Waals surface area contributed by atoms with Crippen LogP contribution in [0.2, 0.25) is 5.02 Å². The lowest BCUT2D eigenvalue weighted by Gasteiger charge is -2.08. The van der Waals surface area contributed by atoms with Crippen molar-refractivity contribution >= 4 is 51.4 Å². The fourth-order valence-electron chi connectivity index (χ4n) is 2.37. The van der Waals surface area contributed by atoms with Crippen LogP contribution in [-0.4, -0.2) is 21.3 Å². The smallest absolute Gasteiger partial charge is 0.266 e. The van der Waals surface area contributed by atoms with Crippen LogP contribution in [0.25, 0.3) is 6.08 Å². The normalized spacial score (nSPS) is 19.4. The highest BCUT2D eigenvalue weighted by atomic mass is 35.5. The van der Waals surface area contributed by atoms with E-state index < -0.39 is 0 Å². The Labute approximate surface area is 154 Å². The summed E-state index contributed by atoms with van der Waals surface area (Å²) in [5.74, 6) is -0.202. The summed E-state index contributed by atoms with van der Waals surface area (Å²) in [4.78, 5) is 21.4. The highest BCUT2D eigenvalue weighted by molar-refractivity contribution is 8.27. The number of halogens is 1. The fourth-order valence-corrected chi connectivity index (χ4v) is 3.32. The second-order valence-electron chi connectivity index (χ2n) is 5.58. The summed E-state index contributed by atoms with van der Waals surface area (Å²) < 4.78 is 0. The number of aryl methyl sites for hydroxylation is 1. The average Bonchev–Trinajstić information content (AvgIpc) is 3.11. The van der Waals surface area contributed by atoms with Crippen molar-refractivity contribution < 1.29 is 4.79 Å². The van der Waals surface area contributed by atoms with Crippen LogP contribution in [0.5, 0.6) is 0 Å². The van der Waals surface area contributed by atoms with E-state index in [0.717, 1.165) is 11.3 Å². The summed E-state index contributed by atoms with van der Waals surface area (Å²) in [5, 5.41) is 3.28. The fraction of sp³-hybridized carbons (Fsp3) is 0.0556. The van der Waals surface area contributed by atoms with Crippen LogP contribution in [0.4, 0.5) is 5.69 Å². The van der Waals surface area contributed by atoms with E-state index in [9.17, 15) is 4.79 Å². The number of fused-ring (bicyclic) bond motifs is 1. The number of amidine groups is 2. The molecule has 0 bridgehead atoms. The third-order valence-electron chi connectivity index (χ3n) is 3.66. The first kappa shape index (κ1) is 15.9. The van der Waals surface area contributed by atoms with Crippen LogP contribution in [0.1, 0.15) is 11.1 Å². The molecule has 2 aliphatic rings. The van der Waals surface area contributed by atoms with E-state index in [0.29, 0.717) is 21.1 Å². The summed E-state index contributed by atoms with van der Waals surface area (Å²) >= 11 is 7.21. The first-order chi connectivity index (χ1) is 12.1. The van der Waals surface area contributed by atoms with E-state index in [1.807, 2.05) is 43.3 Å². The molecule has 0 aliphatic carbocycles. The van der Waals surface area contributed by atoms with Crippen molar-refractivity contribution in [3.63, 3.8) is 0 Å². The molecule has 4 rings (SSSR count). The molecule has 2 heterocycles. The van der Waals surface area contributed by atoms with Gasteiger partial charge < -0.3 is 0 Å². The molecular weight excluding hydrogens is 356 g/mol. The van der Waals surface area contributed by atoms with Gasteiger partial charge in [0, 0.05) is 5.02 Å². The molecule has 0 spiro atoms. The zero-order valence-corrected chi connectivity index (χ0v) is 14.8. The maximum absolute atomic E-state index is 12.5. The van der Waals surface area contributed by atoms with Crippen LogP contribution in [0.15, 0.2) is 64.2 Å². The molecule has 2 aromatic carbocycles. The van der Waals surface area contributed by atoms with Crippen molar-refractivity contribution in [1.29, 1.82) is 0 Å². The summed E-state index contributed by atoms with van der Waals surface area (Å²) in [5.41, 5.74) is 6.25. The first-order valence-electron chi connectivity index (χ1n) is 7.59. The van der Waals surface area contributed by atoms with Crippen LogP contribution >= 0.6 is 23.4 Å². The summed E-state index contributed by atoms with van der Waals surface area (Å²) in [7, 11) is 0. The lowest BCUT2D eigenvalue weighted by Crippen LogP contribution is -2.38. The molecule has 1 saturated heterocycles. The predicted molar refractivity (Wildman–Crippen MR) is 103 cm³/mol. The number of benzene rings is 2. The maximum atomic E-state index is 12.5. The Balaban J connectivity index is 1.56. The van der Waals surface area contributed by atoms with Gasteiger partial charge in [0.1, 0.15) is 5.70 Å². The highest BCUT2D eigenvalue weighted by Gasteiger charge is 2.37. The molecule has 124 valence electrons. The Hall–Kier alpha value is -2.57. The van der Waals surface area contributed by atoms with Gasteiger partial charge in [-0.25, -0.2) is 9.98 Å². The summed E-state index contributed by atoms with van der Waals surface area (Å²) in [6.45, 7) is 2.03. The van der Waals surface area contributed by atoms with Gasteiger partial charge in [0.25, 0.3) is 5.91 Å². The second kappa shape index (κ2) is 6.38. The molecule has 1 fully saturated rings. The monoisotopic (exact) mass is 368 g/mol. The molecule has 2 aliphatic heterocycles. The predicted octanol–water partition coefficient (Wildman–Crippen LogP) is 4.13. The van der Waals surface area contributed by atoms with Crippen molar-refractivity contribution in [3.8, 4) is 0 Å². The number of nitrogens with one attached hydrogen (secondary N) is 1. The Morgan fingerprint density at radius 2 is 1.88 bits per heavy atom. The van der Waals surface area contributed by atoms with Crippen molar-refractivity contribution in [2.24, 2.45) is 9.98 Å². The SMILES string of the molecule is Cc1ccc(N=C2NN3C(=O)/C(=C/c4ccc(Cl)cc4)N=C3S2)cc1. The summed E-state index contributed by atoms with van der Waals surface area (Å²) in [6, 6.07) is 15.1. The minimum absolute atomic E-state index is 0.202. The van der Waals surface area contributed by atoms with Gasteiger partial charge in [-0.05, 0) is 54.6 Å². The summed E-state index contributed by atoms with van der Waals surface area (Å²) in [6.07, 6.45) is 1.74. The number of carbonyl (C=O) groups excluding carboxylic acids is 1. The number of hydrogen-bond acceptors (Lipinski definition) is 4. The molecule has 1 N–H and O–H groups in total. The minimum atomic E-state index is -0.202. The van der Waals surface area contributed by atoms with E-state index in [1.165, 1.54) is 22.3 Å². The standard InChI is InChI=1S/C18H13ClN4OS/c1-11-2-8-14(9-3-11)20-17-22-23-16(24)15(21-18(23)25-17)10-12-4-6-13(19)7-5-12/h2-10H,1H3,(H,20,22)/b15-10-. The number of rotatable bonds is 2. The van der Waals surface area contributed by atoms with Crippen LogP contribution in [0.3, 0.4) is 0 Å². The number of amides is 1. The van der Waals surface area contributed by atoms with E-state index >= 15 is 0 Å². The van der Waals surface area contributed by atoms with Crippen molar-refractivity contribution in [2.75, 3.05) is 0 Å². The Kier molecular flexibility index (Phi) is 4.07. The largest absolute Gasteiger partial charge is 0.297 e. The quantitative estimate of drug-likeness (QED) is 0.811. The molecule has 1 amide bonds. The minimum Gasteiger partial charge on any atom is -0.266 e. The molecule has 2 aromatic rings. The van der Waals surface area contributed by atoms with Gasteiger partial charge in [0.05, 0.1) is 5.69 Å². The number of thioether (sulfide) groups is 1. The van der Waals surface area contributed by atoms with Crippen LogP contribution < -0.4 is 5.43 Å². The molecule has 0 atom stereocenters. The van der Waals surface area contributed by atoms with Gasteiger partial charge in [0.2, 0.25) is 0 Å². The highest BCUT2D eigenvalue weighted by Crippen LogP contribution is 2.29. The molecular formula is C18H13ClN4OS. The van der Waals surface area contributed by atoms with Gasteiger partial charge in [-0.1, -0.05) is 41.4 Å². The second-order valence-corrected chi connectivity index (χ2v) is 6.97. The van der Waals surface area contributed by atoms with Crippen molar-refractivity contribution in [3.05, 3.63) is 70.4 Å². The third-order valence-corrected chi connectivity index (χ3v) is 4.75. The number of aliphatic imine (C=N–C) groups is 2. The van der Waals surface area contributed by atoms with E-state index in [1.54, 1.807) is 18.2 Å². The molecule has 25 heavy (non-hydrogen) atoms. The number of hydrogen-bond donors (Lipinski definition) is 1. The van der Waals surface area contributed by atoms with Crippen molar-refractivity contribution in [1.82, 2.24) is 10.4 Å². The molecule has 5 nitrogen and oxygen atoms in total. The lowest BCUT2D eigenvalue weighted by atomic mass is 10.2.